The number of carbonyl (C=O) groups excluding carboxylic acids is 2. The van der Waals surface area contributed by atoms with Crippen molar-refractivity contribution in [2.75, 3.05) is 18.4 Å². The number of nitrogens with zero attached hydrogens (tertiary/aromatic N) is 1. The summed E-state index contributed by atoms with van der Waals surface area (Å²) in [5.74, 6) is -0.0970. The standard InChI is InChI=1S/C14H20BrN3O2/c1-10(2)9-18(8-7-13(16)19)14(20)17-12-6-4-3-5-11(12)15/h3-6,10H,7-9H2,1-2H3,(H2,16,19)(H,17,20). The maximum absolute atomic E-state index is 12.3. The first-order valence-corrected chi connectivity index (χ1v) is 7.28. The van der Waals surface area contributed by atoms with Crippen molar-refractivity contribution in [1.29, 1.82) is 0 Å². The van der Waals surface area contributed by atoms with Crippen LogP contribution in [0.4, 0.5) is 10.5 Å². The van der Waals surface area contributed by atoms with Crippen molar-refractivity contribution < 1.29 is 9.59 Å². The van der Waals surface area contributed by atoms with Gasteiger partial charge in [-0.3, -0.25) is 4.79 Å². The number of anilines is 1. The minimum absolute atomic E-state index is 0.163. The van der Waals surface area contributed by atoms with Gasteiger partial charge in [-0.25, -0.2) is 4.79 Å². The Bertz CT molecular complexity index is 477. The Labute approximate surface area is 127 Å². The number of para-hydroxylation sites is 1. The molecule has 0 aliphatic rings. The van der Waals surface area contributed by atoms with Gasteiger partial charge in [0.15, 0.2) is 0 Å². The molecule has 1 aromatic rings. The van der Waals surface area contributed by atoms with Crippen LogP contribution in [0.25, 0.3) is 0 Å². The van der Waals surface area contributed by atoms with Crippen molar-refractivity contribution in [2.45, 2.75) is 20.3 Å². The minimum atomic E-state index is -0.410. The Kier molecular flexibility index (Phi) is 6.51. The van der Waals surface area contributed by atoms with E-state index in [-0.39, 0.29) is 12.5 Å². The molecule has 1 rings (SSSR count). The van der Waals surface area contributed by atoms with Gasteiger partial charge in [0.1, 0.15) is 0 Å². The maximum atomic E-state index is 12.3. The summed E-state index contributed by atoms with van der Waals surface area (Å²) in [6.45, 7) is 4.93. The SMILES string of the molecule is CC(C)CN(CCC(N)=O)C(=O)Nc1ccccc1Br. The molecule has 5 nitrogen and oxygen atoms in total. The van der Waals surface area contributed by atoms with Gasteiger partial charge in [-0.2, -0.15) is 0 Å². The molecule has 0 unspecified atom stereocenters. The van der Waals surface area contributed by atoms with Crippen LogP contribution in [0.1, 0.15) is 20.3 Å². The number of carbonyl (C=O) groups is 2. The molecule has 0 heterocycles. The third-order valence-corrected chi connectivity index (χ3v) is 3.31. The van der Waals surface area contributed by atoms with Gasteiger partial charge in [0.25, 0.3) is 0 Å². The number of halogens is 1. The van der Waals surface area contributed by atoms with Crippen LogP contribution in [-0.4, -0.2) is 29.9 Å². The number of primary amides is 1. The molecule has 0 aromatic heterocycles. The van der Waals surface area contributed by atoms with Crippen LogP contribution in [0.3, 0.4) is 0 Å². The Morgan fingerprint density at radius 3 is 2.55 bits per heavy atom. The quantitative estimate of drug-likeness (QED) is 0.834. The molecule has 0 aliphatic heterocycles. The molecule has 0 aliphatic carbocycles. The molecule has 0 atom stereocenters. The first-order chi connectivity index (χ1) is 9.40. The zero-order chi connectivity index (χ0) is 15.1. The first-order valence-electron chi connectivity index (χ1n) is 6.49. The predicted molar refractivity (Wildman–Crippen MR) is 83.4 cm³/mol. The van der Waals surface area contributed by atoms with E-state index in [0.717, 1.165) is 4.47 Å². The van der Waals surface area contributed by atoms with Gasteiger partial charge in [0, 0.05) is 24.0 Å². The molecule has 0 radical (unpaired) electrons. The molecule has 0 spiro atoms. The summed E-state index contributed by atoms with van der Waals surface area (Å²) in [6.07, 6.45) is 0.163. The highest BCUT2D eigenvalue weighted by Crippen LogP contribution is 2.21. The first kappa shape index (κ1) is 16.5. The minimum Gasteiger partial charge on any atom is -0.370 e. The average molecular weight is 342 g/mol. The van der Waals surface area contributed by atoms with Crippen molar-refractivity contribution in [1.82, 2.24) is 4.90 Å². The highest BCUT2D eigenvalue weighted by molar-refractivity contribution is 9.10. The number of amides is 3. The predicted octanol–water partition coefficient (Wildman–Crippen LogP) is 2.81. The van der Waals surface area contributed by atoms with Gasteiger partial charge in [-0.1, -0.05) is 26.0 Å². The summed E-state index contributed by atoms with van der Waals surface area (Å²) in [5, 5.41) is 2.83. The molecule has 0 bridgehead atoms. The second kappa shape index (κ2) is 7.89. The molecule has 3 N–H and O–H groups in total. The van der Waals surface area contributed by atoms with Gasteiger partial charge in [-0.15, -0.1) is 0 Å². The van der Waals surface area contributed by atoms with Crippen LogP contribution in [-0.2, 0) is 4.79 Å². The van der Waals surface area contributed by atoms with Crippen LogP contribution < -0.4 is 11.1 Å². The summed E-state index contributed by atoms with van der Waals surface area (Å²) in [6, 6.07) is 7.15. The summed E-state index contributed by atoms with van der Waals surface area (Å²) >= 11 is 3.38. The molecule has 0 saturated carbocycles. The fourth-order valence-corrected chi connectivity index (χ4v) is 2.10. The largest absolute Gasteiger partial charge is 0.370 e. The molecular formula is C14H20BrN3O2. The van der Waals surface area contributed by atoms with E-state index in [1.54, 1.807) is 4.90 Å². The molecule has 0 fully saturated rings. The summed E-state index contributed by atoms with van der Waals surface area (Å²) < 4.78 is 0.813. The van der Waals surface area contributed by atoms with Gasteiger partial charge >= 0.3 is 6.03 Å². The van der Waals surface area contributed by atoms with Crippen LogP contribution >= 0.6 is 15.9 Å². The lowest BCUT2D eigenvalue weighted by Crippen LogP contribution is -2.39. The maximum Gasteiger partial charge on any atom is 0.321 e. The number of hydrogen-bond acceptors (Lipinski definition) is 2. The van der Waals surface area contributed by atoms with Crippen LogP contribution in [0.15, 0.2) is 28.7 Å². The number of hydrogen-bond donors (Lipinski definition) is 2. The fraction of sp³-hybridized carbons (Fsp3) is 0.429. The highest BCUT2D eigenvalue weighted by Gasteiger charge is 2.16. The molecule has 6 heteroatoms. The lowest BCUT2D eigenvalue weighted by atomic mass is 10.2. The van der Waals surface area contributed by atoms with Gasteiger partial charge in [-0.05, 0) is 34.0 Å². The lowest BCUT2D eigenvalue weighted by molar-refractivity contribution is -0.118. The number of nitrogens with one attached hydrogen (secondary N) is 1. The van der Waals surface area contributed by atoms with E-state index >= 15 is 0 Å². The third-order valence-electron chi connectivity index (χ3n) is 2.62. The van der Waals surface area contributed by atoms with Crippen LogP contribution in [0.2, 0.25) is 0 Å². The van der Waals surface area contributed by atoms with Crippen molar-refractivity contribution in [2.24, 2.45) is 11.7 Å². The Hall–Kier alpha value is -1.56. The second-order valence-corrected chi connectivity index (χ2v) is 5.82. The highest BCUT2D eigenvalue weighted by atomic mass is 79.9. The summed E-state index contributed by atoms with van der Waals surface area (Å²) in [4.78, 5) is 24.7. The molecular weight excluding hydrogens is 322 g/mol. The molecule has 20 heavy (non-hydrogen) atoms. The fourth-order valence-electron chi connectivity index (χ4n) is 1.72. The van der Waals surface area contributed by atoms with E-state index in [2.05, 4.69) is 21.2 Å². The normalized spacial score (nSPS) is 10.4. The van der Waals surface area contributed by atoms with Gasteiger partial charge in [0.2, 0.25) is 5.91 Å². The number of nitrogens with two attached hydrogens (primary N) is 1. The van der Waals surface area contributed by atoms with Crippen LogP contribution in [0.5, 0.6) is 0 Å². The van der Waals surface area contributed by atoms with E-state index in [1.165, 1.54) is 0 Å². The van der Waals surface area contributed by atoms with E-state index in [1.807, 2.05) is 38.1 Å². The molecule has 0 saturated heterocycles. The Morgan fingerprint density at radius 2 is 2.00 bits per heavy atom. The van der Waals surface area contributed by atoms with Gasteiger partial charge in [0.05, 0.1) is 5.69 Å². The summed E-state index contributed by atoms with van der Waals surface area (Å²) in [5.41, 5.74) is 5.84. The number of urea groups is 1. The van der Waals surface area contributed by atoms with E-state index < -0.39 is 5.91 Å². The Morgan fingerprint density at radius 1 is 1.35 bits per heavy atom. The number of benzene rings is 1. The van der Waals surface area contributed by atoms with Gasteiger partial charge < -0.3 is 16.0 Å². The zero-order valence-corrected chi connectivity index (χ0v) is 13.3. The lowest BCUT2D eigenvalue weighted by Gasteiger charge is -2.24. The van der Waals surface area contributed by atoms with Crippen molar-refractivity contribution in [3.63, 3.8) is 0 Å². The van der Waals surface area contributed by atoms with E-state index in [9.17, 15) is 9.59 Å². The summed E-state index contributed by atoms with van der Waals surface area (Å²) in [7, 11) is 0. The van der Waals surface area contributed by atoms with Crippen molar-refractivity contribution >= 4 is 33.6 Å². The molecule has 1 aromatic carbocycles. The topological polar surface area (TPSA) is 75.4 Å². The van der Waals surface area contributed by atoms with Crippen molar-refractivity contribution in [3.05, 3.63) is 28.7 Å². The van der Waals surface area contributed by atoms with E-state index in [0.29, 0.717) is 24.7 Å². The molecule has 3 amide bonds. The smallest absolute Gasteiger partial charge is 0.321 e. The average Bonchev–Trinajstić information content (AvgIpc) is 2.36. The molecule has 110 valence electrons. The third kappa shape index (κ3) is 5.61. The number of rotatable bonds is 6. The Balaban J connectivity index is 2.72. The van der Waals surface area contributed by atoms with E-state index in [4.69, 9.17) is 5.73 Å². The monoisotopic (exact) mass is 341 g/mol. The zero-order valence-electron chi connectivity index (χ0n) is 11.7. The van der Waals surface area contributed by atoms with Crippen LogP contribution in [0, 0.1) is 5.92 Å². The second-order valence-electron chi connectivity index (χ2n) is 4.97. The van der Waals surface area contributed by atoms with Crippen molar-refractivity contribution in [3.8, 4) is 0 Å².